The molecular formula is C20H22Br2N4O3. The zero-order valence-electron chi connectivity index (χ0n) is 15.7. The number of carbonyl (C=O) groups excluding carboxylic acids is 1. The van der Waals surface area contributed by atoms with Gasteiger partial charge in [0.15, 0.2) is 0 Å². The summed E-state index contributed by atoms with van der Waals surface area (Å²) in [6.45, 7) is 2.21. The number of rotatable bonds is 7. The monoisotopic (exact) mass is 524 g/mol. The highest BCUT2D eigenvalue weighted by Crippen LogP contribution is 2.36. The number of anilines is 1. The topological polar surface area (TPSA) is 85.8 Å². The molecule has 0 saturated carbocycles. The maximum atomic E-state index is 12.6. The van der Waals surface area contributed by atoms with Crippen LogP contribution in [-0.2, 0) is 11.3 Å². The van der Waals surface area contributed by atoms with Gasteiger partial charge in [-0.25, -0.2) is 4.79 Å². The molecular weight excluding hydrogens is 504 g/mol. The van der Waals surface area contributed by atoms with E-state index in [1.54, 1.807) is 12.4 Å². The molecule has 0 bridgehead atoms. The summed E-state index contributed by atoms with van der Waals surface area (Å²) in [5.74, 6) is -0.173. The van der Waals surface area contributed by atoms with Crippen molar-refractivity contribution < 1.29 is 14.7 Å². The third-order valence-corrected chi connectivity index (χ3v) is 6.03. The molecule has 29 heavy (non-hydrogen) atoms. The first-order chi connectivity index (χ1) is 14.0. The van der Waals surface area contributed by atoms with Crippen LogP contribution < -0.4 is 10.2 Å². The number of hydrogen-bond donors (Lipinski definition) is 2. The van der Waals surface area contributed by atoms with Crippen LogP contribution in [0.2, 0.25) is 0 Å². The second-order valence-electron chi connectivity index (χ2n) is 6.86. The molecule has 1 unspecified atom stereocenters. The summed E-state index contributed by atoms with van der Waals surface area (Å²) in [6.07, 6.45) is 3.23. The number of pyridine rings is 1. The van der Waals surface area contributed by atoms with Gasteiger partial charge in [0.2, 0.25) is 5.91 Å². The molecule has 2 amide bonds. The summed E-state index contributed by atoms with van der Waals surface area (Å²) in [6, 6.07) is 9.42. The molecule has 1 fully saturated rings. The quantitative estimate of drug-likeness (QED) is 0.575. The van der Waals surface area contributed by atoms with Gasteiger partial charge in [0.05, 0.1) is 20.6 Å². The number of halogens is 2. The second kappa shape index (κ2) is 10.1. The Morgan fingerprint density at radius 2 is 1.90 bits per heavy atom. The smallest absolute Gasteiger partial charge is 0.407 e. The van der Waals surface area contributed by atoms with Crippen molar-refractivity contribution in [3.8, 4) is 0 Å². The van der Waals surface area contributed by atoms with Crippen molar-refractivity contribution in [2.24, 2.45) is 5.92 Å². The molecule has 1 aromatic carbocycles. The third-order valence-electron chi connectivity index (χ3n) is 4.87. The number of aromatic nitrogens is 1. The van der Waals surface area contributed by atoms with Gasteiger partial charge in [-0.2, -0.15) is 0 Å². The second-order valence-corrected chi connectivity index (χ2v) is 8.57. The minimum atomic E-state index is -0.998. The normalized spacial score (nSPS) is 15.9. The predicted octanol–water partition coefficient (Wildman–Crippen LogP) is 3.73. The number of nitrogens with one attached hydrogen (secondary N) is 1. The van der Waals surface area contributed by atoms with Crippen molar-refractivity contribution in [1.82, 2.24) is 15.2 Å². The minimum Gasteiger partial charge on any atom is -0.465 e. The van der Waals surface area contributed by atoms with Gasteiger partial charge in [0.1, 0.15) is 0 Å². The standard InChI is InChI=1S/C20H22Br2N4O3/c21-16-10-23-11-17(22)18(16)25-8-6-15(13-25)19(27)24-7-9-26(20(28)29)12-14-4-2-1-3-5-14/h1-5,10-11,15H,6-9,12-13H2,(H,24,27)(H,28,29). The number of hydrogen-bond acceptors (Lipinski definition) is 4. The average molecular weight is 526 g/mol. The Morgan fingerprint density at radius 1 is 1.21 bits per heavy atom. The molecule has 9 heteroatoms. The number of benzene rings is 1. The fourth-order valence-corrected chi connectivity index (χ4v) is 4.82. The van der Waals surface area contributed by atoms with Crippen molar-refractivity contribution in [2.75, 3.05) is 31.1 Å². The van der Waals surface area contributed by atoms with Crippen molar-refractivity contribution in [2.45, 2.75) is 13.0 Å². The molecule has 7 nitrogen and oxygen atoms in total. The van der Waals surface area contributed by atoms with Crippen LogP contribution in [0.1, 0.15) is 12.0 Å². The van der Waals surface area contributed by atoms with Crippen LogP contribution in [-0.4, -0.2) is 53.2 Å². The predicted molar refractivity (Wildman–Crippen MR) is 118 cm³/mol. The molecule has 1 saturated heterocycles. The highest BCUT2D eigenvalue weighted by atomic mass is 79.9. The van der Waals surface area contributed by atoms with Gasteiger partial charge >= 0.3 is 6.09 Å². The summed E-state index contributed by atoms with van der Waals surface area (Å²) in [5.41, 5.74) is 1.91. The molecule has 0 spiro atoms. The molecule has 0 aliphatic carbocycles. The average Bonchev–Trinajstić information content (AvgIpc) is 3.17. The lowest BCUT2D eigenvalue weighted by molar-refractivity contribution is -0.124. The molecule has 2 N–H and O–H groups in total. The van der Waals surface area contributed by atoms with Gasteiger partial charge in [-0.05, 0) is 43.8 Å². The summed E-state index contributed by atoms with van der Waals surface area (Å²) in [7, 11) is 0. The van der Waals surface area contributed by atoms with E-state index < -0.39 is 6.09 Å². The molecule has 1 aliphatic heterocycles. The molecule has 1 atom stereocenters. The van der Waals surface area contributed by atoms with Gasteiger partial charge in [-0.3, -0.25) is 9.78 Å². The van der Waals surface area contributed by atoms with Crippen LogP contribution in [0.25, 0.3) is 0 Å². The summed E-state index contributed by atoms with van der Waals surface area (Å²) in [5, 5.41) is 12.3. The maximum Gasteiger partial charge on any atom is 0.407 e. The molecule has 2 heterocycles. The number of carboxylic acid groups (broad SMARTS) is 1. The first kappa shape index (κ1) is 21.6. The number of nitrogens with zero attached hydrogens (tertiary/aromatic N) is 3. The van der Waals surface area contributed by atoms with Crippen molar-refractivity contribution in [3.63, 3.8) is 0 Å². The molecule has 3 rings (SSSR count). The van der Waals surface area contributed by atoms with Crippen molar-refractivity contribution in [3.05, 3.63) is 57.2 Å². The molecule has 1 aromatic heterocycles. The number of amides is 2. The summed E-state index contributed by atoms with van der Waals surface area (Å²) >= 11 is 7.03. The lowest BCUT2D eigenvalue weighted by Crippen LogP contribution is -2.40. The van der Waals surface area contributed by atoms with Gasteiger partial charge < -0.3 is 20.2 Å². The highest BCUT2D eigenvalue weighted by Gasteiger charge is 2.30. The van der Waals surface area contributed by atoms with E-state index in [1.165, 1.54) is 4.90 Å². The molecule has 154 valence electrons. The highest BCUT2D eigenvalue weighted by molar-refractivity contribution is 9.11. The Bertz CT molecular complexity index is 846. The summed E-state index contributed by atoms with van der Waals surface area (Å²) < 4.78 is 1.76. The van der Waals surface area contributed by atoms with Crippen molar-refractivity contribution in [1.29, 1.82) is 0 Å². The fraction of sp³-hybridized carbons (Fsp3) is 0.350. The molecule has 2 aromatic rings. The largest absolute Gasteiger partial charge is 0.465 e. The van der Waals surface area contributed by atoms with E-state index in [1.807, 2.05) is 30.3 Å². The van der Waals surface area contributed by atoms with Crippen LogP contribution in [0, 0.1) is 5.92 Å². The Labute approximate surface area is 186 Å². The van der Waals surface area contributed by atoms with Crippen LogP contribution in [0.15, 0.2) is 51.7 Å². The lowest BCUT2D eigenvalue weighted by atomic mass is 10.1. The SMILES string of the molecule is O=C(NCCN(Cc1ccccc1)C(=O)O)C1CCN(c2c(Br)cncc2Br)C1. The van der Waals surface area contributed by atoms with E-state index in [0.29, 0.717) is 13.1 Å². The van der Waals surface area contributed by atoms with Gasteiger partial charge in [-0.1, -0.05) is 30.3 Å². The van der Waals surface area contributed by atoms with E-state index in [0.717, 1.165) is 33.2 Å². The van der Waals surface area contributed by atoms with E-state index in [9.17, 15) is 14.7 Å². The van der Waals surface area contributed by atoms with Crippen LogP contribution >= 0.6 is 31.9 Å². The number of carbonyl (C=O) groups is 2. The lowest BCUT2D eigenvalue weighted by Gasteiger charge is -2.22. The minimum absolute atomic E-state index is 0.0427. The summed E-state index contributed by atoms with van der Waals surface area (Å²) in [4.78, 5) is 31.6. The third kappa shape index (κ3) is 5.70. The Balaban J connectivity index is 1.50. The van der Waals surface area contributed by atoms with Crippen LogP contribution in [0.3, 0.4) is 0 Å². The zero-order chi connectivity index (χ0) is 20.8. The van der Waals surface area contributed by atoms with Crippen LogP contribution in [0.4, 0.5) is 10.5 Å². The van der Waals surface area contributed by atoms with Gasteiger partial charge in [0, 0.05) is 45.1 Å². The first-order valence-corrected chi connectivity index (χ1v) is 10.9. The van der Waals surface area contributed by atoms with E-state index in [4.69, 9.17) is 0 Å². The van der Waals surface area contributed by atoms with E-state index >= 15 is 0 Å². The van der Waals surface area contributed by atoms with Gasteiger partial charge in [0.25, 0.3) is 0 Å². The van der Waals surface area contributed by atoms with Crippen molar-refractivity contribution >= 4 is 49.5 Å². The Morgan fingerprint density at radius 3 is 2.55 bits per heavy atom. The molecule has 0 radical (unpaired) electrons. The maximum absolute atomic E-state index is 12.6. The fourth-order valence-electron chi connectivity index (χ4n) is 3.39. The molecule has 1 aliphatic rings. The van der Waals surface area contributed by atoms with Crippen LogP contribution in [0.5, 0.6) is 0 Å². The van der Waals surface area contributed by atoms with E-state index in [2.05, 4.69) is 47.1 Å². The first-order valence-electron chi connectivity index (χ1n) is 9.29. The Hall–Kier alpha value is -2.13. The Kier molecular flexibility index (Phi) is 7.49. The van der Waals surface area contributed by atoms with Gasteiger partial charge in [-0.15, -0.1) is 0 Å². The van der Waals surface area contributed by atoms with E-state index in [-0.39, 0.29) is 24.9 Å². The zero-order valence-corrected chi connectivity index (χ0v) is 18.9.